The van der Waals surface area contributed by atoms with Crippen LogP contribution in [0.25, 0.3) is 6.08 Å². The molecule has 1 heterocycles. The number of aliphatic imine (C=N–C) groups is 1. The summed E-state index contributed by atoms with van der Waals surface area (Å²) in [6, 6.07) is 10.9. The predicted molar refractivity (Wildman–Crippen MR) is 113 cm³/mol. The van der Waals surface area contributed by atoms with Gasteiger partial charge in [0.1, 0.15) is 6.61 Å². The highest BCUT2D eigenvalue weighted by molar-refractivity contribution is 14.1. The van der Waals surface area contributed by atoms with E-state index in [1.165, 1.54) is 7.11 Å². The van der Waals surface area contributed by atoms with Crippen molar-refractivity contribution in [2.24, 2.45) is 4.99 Å². The van der Waals surface area contributed by atoms with Gasteiger partial charge in [0.15, 0.2) is 17.2 Å². The predicted octanol–water partition coefficient (Wildman–Crippen LogP) is 4.86. The quantitative estimate of drug-likeness (QED) is 0.249. The minimum Gasteiger partial charge on any atom is -0.493 e. The summed E-state index contributed by atoms with van der Waals surface area (Å²) in [6.07, 6.45) is 3.20. The fraction of sp³-hybridized carbons (Fsp3) is 0.100. The monoisotopic (exact) mass is 495 g/mol. The Bertz CT molecular complexity index is 951. The van der Waals surface area contributed by atoms with Gasteiger partial charge in [0.05, 0.1) is 12.1 Å². The van der Waals surface area contributed by atoms with Crippen molar-refractivity contribution in [3.8, 4) is 11.5 Å². The molecular weight excluding hydrogens is 481 g/mol. The van der Waals surface area contributed by atoms with Crippen LogP contribution in [0.5, 0.6) is 11.5 Å². The fourth-order valence-corrected chi connectivity index (χ4v) is 3.02. The molecule has 27 heavy (non-hydrogen) atoms. The highest BCUT2D eigenvalue weighted by Gasteiger charge is 2.24. The Morgan fingerprint density at radius 3 is 2.70 bits per heavy atom. The molecule has 0 saturated carbocycles. The number of carbonyl (C=O) groups is 1. The third kappa shape index (κ3) is 4.51. The number of carbonyl (C=O) groups excluding carboxylic acids is 1. The molecule has 0 bridgehead atoms. The maximum atomic E-state index is 12.2. The summed E-state index contributed by atoms with van der Waals surface area (Å²) in [6.45, 7) is 3.91. The maximum absolute atomic E-state index is 12.2. The van der Waals surface area contributed by atoms with Gasteiger partial charge in [-0.05, 0) is 70.6 Å². The van der Waals surface area contributed by atoms with Crippen LogP contribution in [0.15, 0.2) is 59.7 Å². The maximum Gasteiger partial charge on any atom is 0.363 e. The number of hydrogen-bond acceptors (Lipinski definition) is 5. The zero-order valence-electron chi connectivity index (χ0n) is 14.4. The van der Waals surface area contributed by atoms with Crippen LogP contribution in [0.1, 0.15) is 11.1 Å². The number of methoxy groups -OCH3 is 1. The van der Waals surface area contributed by atoms with Crippen molar-refractivity contribution in [2.45, 2.75) is 0 Å². The third-order valence-corrected chi connectivity index (χ3v) is 4.61. The molecule has 2 aromatic rings. The molecule has 0 fully saturated rings. The van der Waals surface area contributed by atoms with Crippen molar-refractivity contribution >= 4 is 52.1 Å². The van der Waals surface area contributed by atoms with Gasteiger partial charge in [-0.25, -0.2) is 9.79 Å². The molecular formula is C20H15ClINO4. The van der Waals surface area contributed by atoms with Crippen LogP contribution in [0.4, 0.5) is 0 Å². The van der Waals surface area contributed by atoms with E-state index in [-0.39, 0.29) is 11.6 Å². The van der Waals surface area contributed by atoms with E-state index in [0.29, 0.717) is 28.7 Å². The second-order valence-corrected chi connectivity index (χ2v) is 7.13. The number of halogens is 2. The van der Waals surface area contributed by atoms with E-state index < -0.39 is 5.97 Å². The van der Waals surface area contributed by atoms with E-state index in [0.717, 1.165) is 9.13 Å². The van der Waals surface area contributed by atoms with Crippen LogP contribution < -0.4 is 9.47 Å². The van der Waals surface area contributed by atoms with Crippen LogP contribution in [0, 0.1) is 3.57 Å². The molecule has 0 aliphatic carbocycles. The summed E-state index contributed by atoms with van der Waals surface area (Å²) in [5, 5.41) is 0.358. The Balaban J connectivity index is 1.93. The van der Waals surface area contributed by atoms with Crippen molar-refractivity contribution in [1.82, 2.24) is 0 Å². The standard InChI is InChI=1S/C20H15ClINO4/c1-3-8-26-18-15(21)9-12(11-17(18)25-2)10-16-20(24)27-19(23-16)13-4-6-14(22)7-5-13/h3-7,9-11H,1,8H2,2H3/b16-10-. The Morgan fingerprint density at radius 1 is 1.30 bits per heavy atom. The minimum absolute atomic E-state index is 0.182. The van der Waals surface area contributed by atoms with Crippen LogP contribution in [-0.4, -0.2) is 25.6 Å². The molecule has 0 amide bonds. The molecule has 0 spiro atoms. The lowest BCUT2D eigenvalue weighted by molar-refractivity contribution is -0.129. The van der Waals surface area contributed by atoms with Crippen molar-refractivity contribution in [3.63, 3.8) is 0 Å². The second-order valence-electron chi connectivity index (χ2n) is 5.48. The van der Waals surface area contributed by atoms with Gasteiger partial charge in [-0.3, -0.25) is 0 Å². The van der Waals surface area contributed by atoms with Crippen molar-refractivity contribution < 1.29 is 19.0 Å². The molecule has 0 atom stereocenters. The molecule has 0 aromatic heterocycles. The smallest absolute Gasteiger partial charge is 0.363 e. The zero-order valence-corrected chi connectivity index (χ0v) is 17.3. The van der Waals surface area contributed by atoms with Gasteiger partial charge < -0.3 is 14.2 Å². The van der Waals surface area contributed by atoms with Crippen LogP contribution in [0.2, 0.25) is 5.02 Å². The lowest BCUT2D eigenvalue weighted by Crippen LogP contribution is -2.05. The van der Waals surface area contributed by atoms with Gasteiger partial charge in [0.25, 0.3) is 0 Å². The van der Waals surface area contributed by atoms with Gasteiger partial charge in [0, 0.05) is 9.13 Å². The topological polar surface area (TPSA) is 57.1 Å². The van der Waals surface area contributed by atoms with Crippen molar-refractivity contribution in [1.29, 1.82) is 0 Å². The molecule has 0 N–H and O–H groups in total. The van der Waals surface area contributed by atoms with E-state index in [1.54, 1.807) is 24.3 Å². The normalized spacial score (nSPS) is 14.7. The van der Waals surface area contributed by atoms with E-state index in [1.807, 2.05) is 24.3 Å². The van der Waals surface area contributed by atoms with Gasteiger partial charge in [-0.2, -0.15) is 0 Å². The summed E-state index contributed by atoms with van der Waals surface area (Å²) in [5.41, 5.74) is 1.56. The van der Waals surface area contributed by atoms with Gasteiger partial charge in [-0.15, -0.1) is 0 Å². The highest BCUT2D eigenvalue weighted by Crippen LogP contribution is 2.37. The number of hydrogen-bond donors (Lipinski definition) is 0. The first-order chi connectivity index (χ1) is 13.0. The third-order valence-electron chi connectivity index (χ3n) is 3.61. The van der Waals surface area contributed by atoms with E-state index in [2.05, 4.69) is 34.2 Å². The number of esters is 1. The molecule has 2 aromatic carbocycles. The minimum atomic E-state index is -0.523. The van der Waals surface area contributed by atoms with Gasteiger partial charge in [-0.1, -0.05) is 24.3 Å². The molecule has 0 unspecified atom stereocenters. The van der Waals surface area contributed by atoms with Crippen molar-refractivity contribution in [2.75, 3.05) is 13.7 Å². The largest absolute Gasteiger partial charge is 0.493 e. The number of benzene rings is 2. The Morgan fingerprint density at radius 2 is 2.04 bits per heavy atom. The molecule has 1 aliphatic rings. The number of cyclic esters (lactones) is 1. The first kappa shape index (κ1) is 19.4. The Labute approximate surface area is 175 Å². The summed E-state index contributed by atoms with van der Waals surface area (Å²) in [4.78, 5) is 16.5. The van der Waals surface area contributed by atoms with Crippen LogP contribution in [0.3, 0.4) is 0 Å². The van der Waals surface area contributed by atoms with E-state index >= 15 is 0 Å². The molecule has 3 rings (SSSR count). The first-order valence-corrected chi connectivity index (χ1v) is 9.37. The summed E-state index contributed by atoms with van der Waals surface area (Å²) >= 11 is 8.49. The van der Waals surface area contributed by atoms with E-state index in [4.69, 9.17) is 25.8 Å². The number of nitrogens with zero attached hydrogens (tertiary/aromatic N) is 1. The average Bonchev–Trinajstić information content (AvgIpc) is 3.01. The molecule has 0 saturated heterocycles. The average molecular weight is 496 g/mol. The highest BCUT2D eigenvalue weighted by atomic mass is 127. The lowest BCUT2D eigenvalue weighted by Gasteiger charge is -2.12. The lowest BCUT2D eigenvalue weighted by atomic mass is 10.1. The molecule has 7 heteroatoms. The van der Waals surface area contributed by atoms with Crippen molar-refractivity contribution in [3.05, 3.63) is 74.5 Å². The molecule has 138 valence electrons. The molecule has 0 radical (unpaired) electrons. The van der Waals surface area contributed by atoms with Crippen LogP contribution in [-0.2, 0) is 9.53 Å². The fourth-order valence-electron chi connectivity index (χ4n) is 2.39. The Kier molecular flexibility index (Phi) is 6.18. The molecule has 5 nitrogen and oxygen atoms in total. The van der Waals surface area contributed by atoms with Gasteiger partial charge >= 0.3 is 5.97 Å². The molecule has 1 aliphatic heterocycles. The number of ether oxygens (including phenoxy) is 3. The van der Waals surface area contributed by atoms with Gasteiger partial charge in [0.2, 0.25) is 5.90 Å². The second kappa shape index (κ2) is 8.58. The van der Waals surface area contributed by atoms with E-state index in [9.17, 15) is 4.79 Å². The summed E-state index contributed by atoms with van der Waals surface area (Å²) in [7, 11) is 1.51. The summed E-state index contributed by atoms with van der Waals surface area (Å²) < 4.78 is 17.2. The summed E-state index contributed by atoms with van der Waals surface area (Å²) in [5.74, 6) is 0.611. The number of rotatable bonds is 6. The Hall–Kier alpha value is -2.32. The SMILES string of the molecule is C=CCOc1c(Cl)cc(/C=C2\N=C(c3ccc(I)cc3)OC2=O)cc1OC. The zero-order chi connectivity index (χ0) is 19.4. The van der Waals surface area contributed by atoms with Crippen LogP contribution >= 0.6 is 34.2 Å². The first-order valence-electron chi connectivity index (χ1n) is 7.91.